The number of fused-ring (bicyclic) bond motifs is 1. The molecule has 7 nitrogen and oxygen atoms in total. The molecule has 4 aromatic rings. The summed E-state index contributed by atoms with van der Waals surface area (Å²) in [5.41, 5.74) is 0.367. The molecule has 2 heterocycles. The third-order valence-electron chi connectivity index (χ3n) is 7.17. The molecular formula is C31H27F4N3O4S. The van der Waals surface area contributed by atoms with Crippen molar-refractivity contribution in [2.75, 3.05) is 25.0 Å². The van der Waals surface area contributed by atoms with E-state index in [1.807, 2.05) is 0 Å². The number of carbonyl (C=O) groups excluding carboxylic acids is 2. The predicted molar refractivity (Wildman–Crippen MR) is 154 cm³/mol. The Morgan fingerprint density at radius 3 is 2.35 bits per heavy atom. The van der Waals surface area contributed by atoms with Crippen LogP contribution in [-0.2, 0) is 22.1 Å². The van der Waals surface area contributed by atoms with Crippen molar-refractivity contribution >= 4 is 45.3 Å². The van der Waals surface area contributed by atoms with Crippen molar-refractivity contribution in [3.05, 3.63) is 95.4 Å². The van der Waals surface area contributed by atoms with E-state index in [0.717, 1.165) is 12.1 Å². The van der Waals surface area contributed by atoms with E-state index >= 15 is 0 Å². The van der Waals surface area contributed by atoms with Crippen LogP contribution < -0.4 is 5.32 Å². The van der Waals surface area contributed by atoms with Gasteiger partial charge in [0.1, 0.15) is 16.6 Å². The highest BCUT2D eigenvalue weighted by Gasteiger charge is 2.32. The fourth-order valence-corrected chi connectivity index (χ4v) is 6.35. The Labute approximate surface area is 248 Å². The van der Waals surface area contributed by atoms with E-state index in [1.54, 1.807) is 36.1 Å². The van der Waals surface area contributed by atoms with Gasteiger partial charge in [-0.25, -0.2) is 9.18 Å². The topological polar surface area (TPSA) is 94.6 Å². The second kappa shape index (κ2) is 12.6. The van der Waals surface area contributed by atoms with Crippen molar-refractivity contribution in [2.24, 2.45) is 0 Å². The minimum absolute atomic E-state index is 0.0425. The highest BCUT2D eigenvalue weighted by molar-refractivity contribution is 7.92. The van der Waals surface area contributed by atoms with E-state index in [-0.39, 0.29) is 34.5 Å². The second-order valence-corrected chi connectivity index (χ2v) is 11.7. The van der Waals surface area contributed by atoms with E-state index in [0.29, 0.717) is 47.5 Å². The molecule has 1 aliphatic heterocycles. The van der Waals surface area contributed by atoms with E-state index < -0.39 is 34.7 Å². The normalized spacial score (nSPS) is 14.9. The van der Waals surface area contributed by atoms with Crippen molar-refractivity contribution in [3.8, 4) is 0 Å². The first kappa shape index (κ1) is 30.3. The Hall–Kier alpha value is -4.16. The largest absolute Gasteiger partial charge is 0.611 e. The highest BCUT2D eigenvalue weighted by Crippen LogP contribution is 2.35. The van der Waals surface area contributed by atoms with Gasteiger partial charge in [0.25, 0.3) is 5.91 Å². The monoisotopic (exact) mass is 613 g/mol. The molecule has 1 aliphatic rings. The lowest BCUT2D eigenvalue weighted by molar-refractivity contribution is -0.137. The molecule has 0 aliphatic carbocycles. The first-order valence-electron chi connectivity index (χ1n) is 13.5. The second-order valence-electron chi connectivity index (χ2n) is 9.94. The van der Waals surface area contributed by atoms with Crippen LogP contribution in [0.2, 0.25) is 0 Å². The number of halogens is 4. The number of nitrogens with zero attached hydrogens (tertiary/aromatic N) is 2. The van der Waals surface area contributed by atoms with Crippen LogP contribution in [0.1, 0.15) is 46.0 Å². The Kier molecular flexibility index (Phi) is 8.88. The van der Waals surface area contributed by atoms with E-state index in [1.165, 1.54) is 36.5 Å². The third kappa shape index (κ3) is 6.75. The SMILES string of the molecule is CCOC(=O)c1cnc2cc(C(F)(F)F)ccc2c1Nc1ccc(C(=O)N2CCC([S+]([O-])c3ccc(F)cc3)CC2)cc1. The van der Waals surface area contributed by atoms with Gasteiger partial charge in [-0.2, -0.15) is 13.2 Å². The predicted octanol–water partition coefficient (Wildman–Crippen LogP) is 6.73. The molecule has 0 radical (unpaired) electrons. The van der Waals surface area contributed by atoms with Crippen LogP contribution in [0.25, 0.3) is 10.9 Å². The molecule has 1 aromatic heterocycles. The van der Waals surface area contributed by atoms with Gasteiger partial charge in [0.05, 0.1) is 23.4 Å². The summed E-state index contributed by atoms with van der Waals surface area (Å²) >= 11 is -1.30. The highest BCUT2D eigenvalue weighted by atomic mass is 32.2. The molecule has 5 rings (SSSR count). The summed E-state index contributed by atoms with van der Waals surface area (Å²) in [6, 6.07) is 15.2. The van der Waals surface area contributed by atoms with Crippen molar-refractivity contribution in [1.82, 2.24) is 9.88 Å². The summed E-state index contributed by atoms with van der Waals surface area (Å²) in [7, 11) is 0. The molecule has 0 bridgehead atoms. The molecular weight excluding hydrogens is 586 g/mol. The Morgan fingerprint density at radius 1 is 1.05 bits per heavy atom. The van der Waals surface area contributed by atoms with Gasteiger partial charge in [0.15, 0.2) is 4.90 Å². The molecule has 0 saturated carbocycles. The Bertz CT molecular complexity index is 1620. The smallest absolute Gasteiger partial charge is 0.416 e. The van der Waals surface area contributed by atoms with Gasteiger partial charge < -0.3 is 19.5 Å². The molecule has 3 aromatic carbocycles. The number of hydrogen-bond donors (Lipinski definition) is 1. The number of rotatable bonds is 7. The van der Waals surface area contributed by atoms with Gasteiger partial charge in [-0.15, -0.1) is 0 Å². The molecule has 43 heavy (non-hydrogen) atoms. The van der Waals surface area contributed by atoms with Gasteiger partial charge in [-0.05, 0) is 78.8 Å². The van der Waals surface area contributed by atoms with E-state index in [4.69, 9.17) is 4.74 Å². The summed E-state index contributed by atoms with van der Waals surface area (Å²) in [5, 5.41) is 3.24. The lowest BCUT2D eigenvalue weighted by Gasteiger charge is -2.32. The molecule has 1 N–H and O–H groups in total. The first-order valence-corrected chi connectivity index (χ1v) is 14.8. The van der Waals surface area contributed by atoms with Crippen molar-refractivity contribution in [1.29, 1.82) is 0 Å². The van der Waals surface area contributed by atoms with Crippen LogP contribution in [0.4, 0.5) is 28.9 Å². The molecule has 1 atom stereocenters. The number of nitrogens with one attached hydrogen (secondary N) is 1. The maximum Gasteiger partial charge on any atom is 0.416 e. The number of esters is 1. The molecule has 224 valence electrons. The number of piperidine rings is 1. The number of likely N-dealkylation sites (tertiary alicyclic amines) is 1. The molecule has 12 heteroatoms. The van der Waals surface area contributed by atoms with Crippen LogP contribution in [0, 0.1) is 5.82 Å². The lowest BCUT2D eigenvalue weighted by Crippen LogP contribution is -2.42. The number of benzene rings is 3. The van der Waals surface area contributed by atoms with Crippen LogP contribution in [0.15, 0.2) is 77.8 Å². The Morgan fingerprint density at radius 2 is 1.72 bits per heavy atom. The zero-order chi connectivity index (χ0) is 30.7. The standard InChI is InChI=1S/C31H27F4N3O4S/c1-2-42-30(40)26-18-36-27-17-20(31(33,34)35)5-12-25(27)28(26)37-22-8-3-19(4-9-22)29(39)38-15-13-24(14-16-38)43(41)23-10-6-21(32)7-11-23/h3-12,17-18,24H,2,13-16H2,1H3,(H,36,37). The minimum atomic E-state index is -4.55. The summed E-state index contributed by atoms with van der Waals surface area (Å²) in [6.07, 6.45) is -2.30. The molecule has 1 fully saturated rings. The van der Waals surface area contributed by atoms with Gasteiger partial charge >= 0.3 is 12.1 Å². The van der Waals surface area contributed by atoms with Crippen LogP contribution >= 0.6 is 0 Å². The zero-order valence-corrected chi connectivity index (χ0v) is 23.8. The number of amides is 1. The van der Waals surface area contributed by atoms with Gasteiger partial charge in [0.2, 0.25) is 0 Å². The van der Waals surface area contributed by atoms with Gasteiger partial charge in [-0.1, -0.05) is 6.07 Å². The number of aromatic nitrogens is 1. The van der Waals surface area contributed by atoms with Gasteiger partial charge in [0, 0.05) is 48.8 Å². The average Bonchev–Trinajstić information content (AvgIpc) is 3.00. The molecule has 1 unspecified atom stereocenters. The summed E-state index contributed by atoms with van der Waals surface area (Å²) < 4.78 is 71.0. The minimum Gasteiger partial charge on any atom is -0.611 e. The fraction of sp³-hybridized carbons (Fsp3) is 0.258. The zero-order valence-electron chi connectivity index (χ0n) is 23.0. The van der Waals surface area contributed by atoms with E-state index in [9.17, 15) is 31.7 Å². The van der Waals surface area contributed by atoms with Crippen molar-refractivity contribution < 1.29 is 36.4 Å². The third-order valence-corrected chi connectivity index (χ3v) is 8.98. The Balaban J connectivity index is 1.31. The molecule has 1 amide bonds. The van der Waals surface area contributed by atoms with E-state index in [2.05, 4.69) is 10.3 Å². The number of hydrogen-bond acceptors (Lipinski definition) is 6. The number of pyridine rings is 1. The van der Waals surface area contributed by atoms with Crippen LogP contribution in [0.3, 0.4) is 0 Å². The quantitative estimate of drug-likeness (QED) is 0.141. The summed E-state index contributed by atoms with van der Waals surface area (Å²) in [5.74, 6) is -1.27. The first-order chi connectivity index (χ1) is 20.5. The van der Waals surface area contributed by atoms with Crippen molar-refractivity contribution in [2.45, 2.75) is 36.1 Å². The average molecular weight is 614 g/mol. The molecule has 0 spiro atoms. The maximum atomic E-state index is 13.3. The number of carbonyl (C=O) groups is 2. The van der Waals surface area contributed by atoms with Gasteiger partial charge in [-0.3, -0.25) is 9.78 Å². The van der Waals surface area contributed by atoms with Crippen molar-refractivity contribution in [3.63, 3.8) is 0 Å². The van der Waals surface area contributed by atoms with Crippen LogP contribution in [0.5, 0.6) is 0 Å². The fourth-order valence-electron chi connectivity index (χ4n) is 4.93. The number of anilines is 2. The summed E-state index contributed by atoms with van der Waals surface area (Å²) in [6.45, 7) is 2.57. The van der Waals surface area contributed by atoms with Crippen LogP contribution in [-0.4, -0.2) is 51.3 Å². The number of alkyl halides is 3. The lowest BCUT2D eigenvalue weighted by atomic mass is 10.1. The maximum absolute atomic E-state index is 13.3. The number of ether oxygens (including phenoxy) is 1. The molecule has 1 saturated heterocycles. The summed E-state index contributed by atoms with van der Waals surface area (Å²) in [4.78, 5) is 32.1.